The molecule has 1 aliphatic heterocycles. The van der Waals surface area contributed by atoms with E-state index in [-0.39, 0.29) is 18.0 Å². The Morgan fingerprint density at radius 3 is 1.69 bits per heavy atom. The van der Waals surface area contributed by atoms with Crippen molar-refractivity contribution < 1.29 is 0 Å². The Morgan fingerprint density at radius 2 is 1.04 bits per heavy atom. The first-order chi connectivity index (χ1) is 23.8. The summed E-state index contributed by atoms with van der Waals surface area (Å²) >= 11 is 0. The second-order valence-corrected chi connectivity index (χ2v) is 12.6. The lowest BCUT2D eigenvalue weighted by molar-refractivity contribution is 0.667. The zero-order chi connectivity index (χ0) is 31.6. The number of hydrogen-bond acceptors (Lipinski definition) is 3. The number of nitrogens with one attached hydrogen (secondary N) is 1. The maximum Gasteiger partial charge on any atom is 0.234 e. The number of hydrogen-bond donors (Lipinski definition) is 1. The lowest BCUT2D eigenvalue weighted by Gasteiger charge is -2.32. The van der Waals surface area contributed by atoms with E-state index in [4.69, 9.17) is 9.98 Å². The van der Waals surface area contributed by atoms with E-state index in [9.17, 15) is 0 Å². The summed E-state index contributed by atoms with van der Waals surface area (Å²) in [6.45, 7) is 0. The Hall–Kier alpha value is -6.20. The fourth-order valence-corrected chi connectivity index (χ4v) is 7.97. The summed E-state index contributed by atoms with van der Waals surface area (Å²) in [5, 5.41) is 6.16. The van der Waals surface area contributed by atoms with Crippen LogP contribution in [0.4, 0.5) is 0 Å². The second-order valence-electron chi connectivity index (χ2n) is 12.6. The Kier molecular flexibility index (Phi) is 6.00. The molecule has 48 heavy (non-hydrogen) atoms. The Balaban J connectivity index is 1.35. The molecular formula is C43H31N5. The van der Waals surface area contributed by atoms with Crippen molar-refractivity contribution in [1.29, 1.82) is 0 Å². The van der Waals surface area contributed by atoms with Crippen molar-refractivity contribution in [1.82, 2.24) is 14.5 Å². The summed E-state index contributed by atoms with van der Waals surface area (Å²) in [4.78, 5) is 10.7. The van der Waals surface area contributed by atoms with Gasteiger partial charge in [-0.25, -0.2) is 4.99 Å². The molecule has 2 aromatic heterocycles. The summed E-state index contributed by atoms with van der Waals surface area (Å²) < 4.78 is 4.79. The van der Waals surface area contributed by atoms with Gasteiger partial charge in [0.15, 0.2) is 0 Å². The molecule has 5 aromatic carbocycles. The van der Waals surface area contributed by atoms with Crippen LogP contribution in [-0.2, 0) is 0 Å². The van der Waals surface area contributed by atoms with Crippen molar-refractivity contribution >= 4 is 33.6 Å². The number of aliphatic imine (C=N–C) groups is 2. The van der Waals surface area contributed by atoms with Gasteiger partial charge in [0.1, 0.15) is 12.0 Å². The molecule has 7 aromatic rings. The smallest absolute Gasteiger partial charge is 0.234 e. The van der Waals surface area contributed by atoms with Crippen LogP contribution in [-0.4, -0.2) is 20.9 Å². The zero-order valence-electron chi connectivity index (χ0n) is 26.1. The molecule has 3 unspecified atom stereocenters. The molecule has 2 aliphatic carbocycles. The standard InChI is InChI=1S/C43H31N5/c1-4-16-28(17-5-1)41-44-42(29-18-6-2-7-19-29)46-43(45-41)48-36-27-15-13-25-34(36)38-32-23-11-10-22-31(32)37-33-24-12-14-26-35(33)47(39(37)40(38)48)30-20-8-3-9-21-30/h1-27,31-32,41H,(H,44,45,46). The van der Waals surface area contributed by atoms with Crippen LogP contribution in [0, 0.1) is 0 Å². The summed E-state index contributed by atoms with van der Waals surface area (Å²) in [6, 6.07) is 49.2. The third kappa shape index (κ3) is 3.97. The molecule has 3 heterocycles. The molecule has 0 fully saturated rings. The highest BCUT2D eigenvalue weighted by Gasteiger charge is 2.41. The summed E-state index contributed by atoms with van der Waals surface area (Å²) in [5.41, 5.74) is 10.6. The first-order valence-electron chi connectivity index (χ1n) is 16.6. The average Bonchev–Trinajstić information content (AvgIpc) is 3.70. The van der Waals surface area contributed by atoms with Gasteiger partial charge in [-0.3, -0.25) is 4.57 Å². The summed E-state index contributed by atoms with van der Waals surface area (Å²) in [7, 11) is 0. The van der Waals surface area contributed by atoms with E-state index < -0.39 is 0 Å². The number of nitrogens with zero attached hydrogens (tertiary/aromatic N) is 4. The minimum Gasteiger partial charge on any atom is -0.344 e. The highest BCUT2D eigenvalue weighted by molar-refractivity contribution is 6.13. The van der Waals surface area contributed by atoms with E-state index in [1.807, 2.05) is 12.1 Å². The Morgan fingerprint density at radius 1 is 0.521 bits per heavy atom. The number of aromatic nitrogens is 2. The minimum atomic E-state index is -0.306. The number of allylic oxidation sites excluding steroid dienone is 4. The highest BCUT2D eigenvalue weighted by Crippen LogP contribution is 2.56. The van der Waals surface area contributed by atoms with Gasteiger partial charge in [-0.2, -0.15) is 4.99 Å². The molecule has 228 valence electrons. The molecule has 0 bridgehead atoms. The van der Waals surface area contributed by atoms with E-state index in [2.05, 4.69) is 166 Å². The van der Waals surface area contributed by atoms with Crippen LogP contribution >= 0.6 is 0 Å². The number of para-hydroxylation sites is 3. The van der Waals surface area contributed by atoms with Gasteiger partial charge in [0, 0.05) is 33.9 Å². The monoisotopic (exact) mass is 617 g/mol. The largest absolute Gasteiger partial charge is 0.344 e. The van der Waals surface area contributed by atoms with Crippen molar-refractivity contribution in [2.75, 3.05) is 0 Å². The molecule has 0 spiro atoms. The molecule has 5 heteroatoms. The van der Waals surface area contributed by atoms with Gasteiger partial charge in [0.2, 0.25) is 5.96 Å². The van der Waals surface area contributed by atoms with Crippen molar-refractivity contribution in [3.05, 3.63) is 186 Å². The Bertz CT molecular complexity index is 2480. The number of benzene rings is 5. The van der Waals surface area contributed by atoms with E-state index in [0.717, 1.165) is 33.9 Å². The number of amidine groups is 1. The van der Waals surface area contributed by atoms with Gasteiger partial charge in [-0.1, -0.05) is 140 Å². The van der Waals surface area contributed by atoms with Gasteiger partial charge in [-0.15, -0.1) is 0 Å². The maximum absolute atomic E-state index is 5.40. The SMILES string of the molecule is C1=CC2c3c(n(C4=NC(c5ccccc5)NC(c5ccccc5)=N4)c4ccccc34)-c3c(c4ccccc4n3-c3ccccc3)C2C=C1. The van der Waals surface area contributed by atoms with Gasteiger partial charge >= 0.3 is 0 Å². The Labute approximate surface area is 278 Å². The molecule has 5 nitrogen and oxygen atoms in total. The van der Waals surface area contributed by atoms with Crippen LogP contribution in [0.15, 0.2) is 174 Å². The van der Waals surface area contributed by atoms with Crippen LogP contribution in [0.3, 0.4) is 0 Å². The van der Waals surface area contributed by atoms with E-state index >= 15 is 0 Å². The summed E-state index contributed by atoms with van der Waals surface area (Å²) in [6.07, 6.45) is 8.88. The normalized spacial score (nSPS) is 19.3. The topological polar surface area (TPSA) is 46.6 Å². The summed E-state index contributed by atoms with van der Waals surface area (Å²) in [5.74, 6) is 1.84. The van der Waals surface area contributed by atoms with Gasteiger partial charge in [-0.05, 0) is 41.0 Å². The minimum absolute atomic E-state index is 0.170. The van der Waals surface area contributed by atoms with Crippen LogP contribution in [0.2, 0.25) is 0 Å². The van der Waals surface area contributed by atoms with Gasteiger partial charge in [0.25, 0.3) is 0 Å². The molecule has 0 saturated carbocycles. The fourth-order valence-electron chi connectivity index (χ4n) is 7.97. The maximum atomic E-state index is 5.40. The molecule has 1 N–H and O–H groups in total. The molecule has 0 radical (unpaired) electrons. The van der Waals surface area contributed by atoms with Crippen molar-refractivity contribution in [3.8, 4) is 17.1 Å². The van der Waals surface area contributed by atoms with Gasteiger partial charge in [0.05, 0.1) is 22.4 Å². The van der Waals surface area contributed by atoms with Crippen LogP contribution < -0.4 is 5.32 Å². The zero-order valence-corrected chi connectivity index (χ0v) is 26.1. The first-order valence-corrected chi connectivity index (χ1v) is 16.6. The first kappa shape index (κ1) is 27.0. The van der Waals surface area contributed by atoms with Crippen LogP contribution in [0.1, 0.15) is 40.3 Å². The molecule has 10 rings (SSSR count). The number of fused-ring (bicyclic) bond motifs is 10. The quantitative estimate of drug-likeness (QED) is 0.211. The van der Waals surface area contributed by atoms with E-state index in [1.165, 1.54) is 33.1 Å². The predicted octanol–water partition coefficient (Wildman–Crippen LogP) is 9.51. The number of rotatable bonds is 3. The molecule has 3 aliphatic rings. The van der Waals surface area contributed by atoms with Crippen molar-refractivity contribution in [2.24, 2.45) is 9.98 Å². The molecule has 0 amide bonds. The van der Waals surface area contributed by atoms with Crippen LogP contribution in [0.25, 0.3) is 38.9 Å². The van der Waals surface area contributed by atoms with E-state index in [0.29, 0.717) is 5.96 Å². The predicted molar refractivity (Wildman–Crippen MR) is 196 cm³/mol. The van der Waals surface area contributed by atoms with Crippen LogP contribution in [0.5, 0.6) is 0 Å². The molecular weight excluding hydrogens is 587 g/mol. The van der Waals surface area contributed by atoms with Gasteiger partial charge < -0.3 is 9.88 Å². The average molecular weight is 618 g/mol. The lowest BCUT2D eigenvalue weighted by Crippen LogP contribution is -2.35. The third-order valence-electron chi connectivity index (χ3n) is 9.96. The second kappa shape index (κ2) is 10.7. The van der Waals surface area contributed by atoms with Crippen molar-refractivity contribution in [2.45, 2.75) is 18.0 Å². The van der Waals surface area contributed by atoms with Crippen molar-refractivity contribution in [3.63, 3.8) is 0 Å². The molecule has 3 atom stereocenters. The fraction of sp³-hybridized carbons (Fsp3) is 0.0698. The lowest BCUT2D eigenvalue weighted by atomic mass is 9.72. The van der Waals surface area contributed by atoms with E-state index in [1.54, 1.807) is 0 Å². The molecule has 0 saturated heterocycles. The third-order valence-corrected chi connectivity index (χ3v) is 9.96. The highest BCUT2D eigenvalue weighted by atomic mass is 15.3.